The Bertz CT molecular complexity index is 671. The van der Waals surface area contributed by atoms with Gasteiger partial charge in [-0.2, -0.15) is 4.37 Å². The summed E-state index contributed by atoms with van der Waals surface area (Å²) in [5.74, 6) is 0.865. The van der Waals surface area contributed by atoms with Gasteiger partial charge in [-0.15, -0.1) is 0 Å². The van der Waals surface area contributed by atoms with Crippen LogP contribution in [0.1, 0.15) is 5.82 Å². The van der Waals surface area contributed by atoms with Crippen LogP contribution in [0.15, 0.2) is 30.3 Å². The summed E-state index contributed by atoms with van der Waals surface area (Å²) in [4.78, 5) is 21.1. The summed E-state index contributed by atoms with van der Waals surface area (Å²) in [6.07, 6.45) is 0.743. The molecule has 134 valence electrons. The fourth-order valence-electron chi connectivity index (χ4n) is 2.69. The zero-order valence-electron chi connectivity index (χ0n) is 14.4. The van der Waals surface area contributed by atoms with Crippen LogP contribution in [0.4, 0.5) is 10.8 Å². The van der Waals surface area contributed by atoms with Crippen molar-refractivity contribution in [2.75, 3.05) is 56.7 Å². The lowest BCUT2D eigenvalue weighted by atomic mass is 10.3. The Balaban J connectivity index is 1.44. The standard InChI is InChI=1S/C17H23N5O2S/c1-24-12-7-15-19-17(25-20-15)22-10-8-21(9-11-22)13-16(23)18-14-5-3-2-4-6-14/h2-6H,7-13H2,1H3,(H,18,23). The summed E-state index contributed by atoms with van der Waals surface area (Å²) in [5.41, 5.74) is 0.837. The Labute approximate surface area is 151 Å². The van der Waals surface area contributed by atoms with Crippen molar-refractivity contribution in [1.82, 2.24) is 14.3 Å². The largest absolute Gasteiger partial charge is 0.384 e. The number of amides is 1. The molecule has 7 nitrogen and oxygen atoms in total. The van der Waals surface area contributed by atoms with Crippen LogP contribution in [0.25, 0.3) is 0 Å². The summed E-state index contributed by atoms with van der Waals surface area (Å²) in [6, 6.07) is 9.55. The summed E-state index contributed by atoms with van der Waals surface area (Å²) in [7, 11) is 1.68. The molecule has 0 aliphatic carbocycles. The van der Waals surface area contributed by atoms with Crippen molar-refractivity contribution in [3.8, 4) is 0 Å². The maximum atomic E-state index is 12.1. The second kappa shape index (κ2) is 8.89. The lowest BCUT2D eigenvalue weighted by molar-refractivity contribution is -0.117. The van der Waals surface area contributed by atoms with Gasteiger partial charge in [0.2, 0.25) is 11.0 Å². The molecule has 1 N–H and O–H groups in total. The maximum absolute atomic E-state index is 12.1. The van der Waals surface area contributed by atoms with Gasteiger partial charge in [-0.25, -0.2) is 4.98 Å². The first kappa shape index (κ1) is 17.8. The van der Waals surface area contributed by atoms with Crippen molar-refractivity contribution < 1.29 is 9.53 Å². The minimum atomic E-state index is 0.0254. The van der Waals surface area contributed by atoms with Crippen molar-refractivity contribution in [3.05, 3.63) is 36.2 Å². The van der Waals surface area contributed by atoms with Crippen LogP contribution in [-0.4, -0.2) is 66.6 Å². The number of rotatable bonds is 7. The molecule has 2 aromatic rings. The number of ether oxygens (including phenoxy) is 1. The molecule has 1 amide bonds. The van der Waals surface area contributed by atoms with Gasteiger partial charge in [-0.3, -0.25) is 9.69 Å². The first-order valence-electron chi connectivity index (χ1n) is 8.38. The normalized spacial score (nSPS) is 15.3. The molecule has 1 aromatic heterocycles. The van der Waals surface area contributed by atoms with E-state index in [1.807, 2.05) is 30.3 Å². The van der Waals surface area contributed by atoms with Crippen LogP contribution >= 0.6 is 11.5 Å². The van der Waals surface area contributed by atoms with E-state index in [2.05, 4.69) is 24.5 Å². The molecule has 0 unspecified atom stereocenters. The highest BCUT2D eigenvalue weighted by atomic mass is 32.1. The predicted octanol–water partition coefficient (Wildman–Crippen LogP) is 1.49. The quantitative estimate of drug-likeness (QED) is 0.806. The van der Waals surface area contributed by atoms with Gasteiger partial charge < -0.3 is 15.0 Å². The average molecular weight is 361 g/mol. The molecule has 0 saturated carbocycles. The van der Waals surface area contributed by atoms with Gasteiger partial charge in [-0.05, 0) is 12.1 Å². The van der Waals surface area contributed by atoms with E-state index in [4.69, 9.17) is 4.74 Å². The highest BCUT2D eigenvalue weighted by molar-refractivity contribution is 7.09. The predicted molar refractivity (Wildman–Crippen MR) is 99.2 cm³/mol. The third kappa shape index (κ3) is 5.22. The molecular formula is C17H23N5O2S. The molecule has 0 bridgehead atoms. The van der Waals surface area contributed by atoms with Crippen molar-refractivity contribution in [1.29, 1.82) is 0 Å². The second-order valence-corrected chi connectivity index (χ2v) is 6.64. The van der Waals surface area contributed by atoms with E-state index in [1.165, 1.54) is 11.5 Å². The molecular weight excluding hydrogens is 338 g/mol. The van der Waals surface area contributed by atoms with Crippen LogP contribution in [0.5, 0.6) is 0 Å². The number of piperazine rings is 1. The van der Waals surface area contributed by atoms with Gasteiger partial charge in [0, 0.05) is 56.9 Å². The Kier molecular flexibility index (Phi) is 6.32. The molecule has 1 aliphatic heterocycles. The molecule has 3 rings (SSSR count). The number of hydrogen-bond donors (Lipinski definition) is 1. The number of hydrogen-bond acceptors (Lipinski definition) is 7. The summed E-state index contributed by atoms with van der Waals surface area (Å²) in [6.45, 7) is 4.46. The Hall–Kier alpha value is -2.03. The van der Waals surface area contributed by atoms with Crippen molar-refractivity contribution in [2.24, 2.45) is 0 Å². The molecule has 1 fully saturated rings. The second-order valence-electron chi connectivity index (χ2n) is 5.91. The number of carbonyl (C=O) groups is 1. The molecule has 2 heterocycles. The smallest absolute Gasteiger partial charge is 0.238 e. The molecule has 1 aliphatic rings. The first-order valence-corrected chi connectivity index (χ1v) is 9.15. The fraction of sp³-hybridized carbons (Fsp3) is 0.471. The molecule has 1 saturated heterocycles. The number of nitrogens with one attached hydrogen (secondary N) is 1. The van der Waals surface area contributed by atoms with Gasteiger partial charge in [-0.1, -0.05) is 18.2 Å². The van der Waals surface area contributed by atoms with E-state index in [-0.39, 0.29) is 5.91 Å². The van der Waals surface area contributed by atoms with Crippen LogP contribution in [0.3, 0.4) is 0 Å². The SMILES string of the molecule is COCCc1nsc(N2CCN(CC(=O)Nc3ccccc3)CC2)n1. The zero-order chi connectivity index (χ0) is 17.5. The van der Waals surface area contributed by atoms with E-state index < -0.39 is 0 Å². The van der Waals surface area contributed by atoms with E-state index in [0.717, 1.165) is 49.2 Å². The highest BCUT2D eigenvalue weighted by Gasteiger charge is 2.21. The third-order valence-corrected chi connectivity index (χ3v) is 4.87. The van der Waals surface area contributed by atoms with Crippen LogP contribution < -0.4 is 10.2 Å². The Morgan fingerprint density at radius 1 is 1.24 bits per heavy atom. The number of anilines is 2. The Morgan fingerprint density at radius 2 is 2.00 bits per heavy atom. The van der Waals surface area contributed by atoms with Crippen LogP contribution in [0, 0.1) is 0 Å². The van der Waals surface area contributed by atoms with Crippen LogP contribution in [-0.2, 0) is 16.0 Å². The fourth-order valence-corrected chi connectivity index (χ4v) is 3.45. The average Bonchev–Trinajstić information content (AvgIpc) is 3.10. The number of carbonyl (C=O) groups excluding carboxylic acids is 1. The van der Waals surface area contributed by atoms with E-state index in [0.29, 0.717) is 13.2 Å². The van der Waals surface area contributed by atoms with E-state index >= 15 is 0 Å². The minimum Gasteiger partial charge on any atom is -0.384 e. The zero-order valence-corrected chi connectivity index (χ0v) is 15.2. The maximum Gasteiger partial charge on any atom is 0.238 e. The van der Waals surface area contributed by atoms with Gasteiger partial charge in [0.1, 0.15) is 5.82 Å². The molecule has 0 radical (unpaired) electrons. The van der Waals surface area contributed by atoms with Gasteiger partial charge in [0.25, 0.3) is 0 Å². The van der Waals surface area contributed by atoms with Crippen LogP contribution in [0.2, 0.25) is 0 Å². The number of nitrogens with zero attached hydrogens (tertiary/aromatic N) is 4. The van der Waals surface area contributed by atoms with Gasteiger partial charge in [0.05, 0.1) is 13.2 Å². The van der Waals surface area contributed by atoms with Crippen molar-refractivity contribution in [2.45, 2.75) is 6.42 Å². The minimum absolute atomic E-state index is 0.0254. The number of aromatic nitrogens is 2. The van der Waals surface area contributed by atoms with Crippen molar-refractivity contribution >= 4 is 28.3 Å². The lowest BCUT2D eigenvalue weighted by Gasteiger charge is -2.33. The molecule has 1 aromatic carbocycles. The highest BCUT2D eigenvalue weighted by Crippen LogP contribution is 2.19. The van der Waals surface area contributed by atoms with Gasteiger partial charge >= 0.3 is 0 Å². The lowest BCUT2D eigenvalue weighted by Crippen LogP contribution is -2.48. The first-order chi connectivity index (χ1) is 12.2. The Morgan fingerprint density at radius 3 is 2.72 bits per heavy atom. The third-order valence-electron chi connectivity index (χ3n) is 4.05. The van der Waals surface area contributed by atoms with E-state index in [1.54, 1.807) is 7.11 Å². The van der Waals surface area contributed by atoms with Crippen molar-refractivity contribution in [3.63, 3.8) is 0 Å². The molecule has 0 atom stereocenters. The van der Waals surface area contributed by atoms with Gasteiger partial charge in [0.15, 0.2) is 0 Å². The topological polar surface area (TPSA) is 70.6 Å². The molecule has 25 heavy (non-hydrogen) atoms. The molecule has 8 heteroatoms. The van der Waals surface area contributed by atoms with E-state index in [9.17, 15) is 4.79 Å². The summed E-state index contributed by atoms with van der Waals surface area (Å²) < 4.78 is 9.43. The number of para-hydroxylation sites is 1. The molecule has 0 spiro atoms. The number of methoxy groups -OCH3 is 1. The summed E-state index contributed by atoms with van der Waals surface area (Å²) in [5, 5.41) is 3.89. The number of benzene rings is 1. The monoisotopic (exact) mass is 361 g/mol. The summed E-state index contributed by atoms with van der Waals surface area (Å²) >= 11 is 1.43.